The second-order valence-electron chi connectivity index (χ2n) is 4.16. The number of nitrogens with two attached hydrogens (primary N) is 2. The smallest absolute Gasteiger partial charge is 0.273 e. The SMILES string of the molecule is CN(C)C(=O)c1ccn(-c2ccc(N)c(N)c2)n1. The normalized spacial score (nSPS) is 10.3. The first-order chi connectivity index (χ1) is 8.49. The molecular formula is C12H15N5O. The van der Waals surface area contributed by atoms with Gasteiger partial charge in [0.05, 0.1) is 17.1 Å². The van der Waals surface area contributed by atoms with Gasteiger partial charge in [-0.05, 0) is 24.3 Å². The number of rotatable bonds is 2. The highest BCUT2D eigenvalue weighted by molar-refractivity contribution is 5.91. The summed E-state index contributed by atoms with van der Waals surface area (Å²) in [5.74, 6) is -0.142. The third kappa shape index (κ3) is 2.13. The van der Waals surface area contributed by atoms with Crippen molar-refractivity contribution in [2.24, 2.45) is 0 Å². The molecule has 0 saturated heterocycles. The molecule has 4 N–H and O–H groups in total. The molecule has 1 aromatic heterocycles. The molecule has 1 amide bonds. The van der Waals surface area contributed by atoms with Gasteiger partial charge in [0.25, 0.3) is 5.91 Å². The molecular weight excluding hydrogens is 230 g/mol. The highest BCUT2D eigenvalue weighted by Gasteiger charge is 2.12. The lowest BCUT2D eigenvalue weighted by Crippen LogP contribution is -2.22. The van der Waals surface area contributed by atoms with Gasteiger partial charge in [-0.25, -0.2) is 4.68 Å². The Bertz CT molecular complexity index is 588. The van der Waals surface area contributed by atoms with E-state index in [0.717, 1.165) is 5.69 Å². The molecule has 1 heterocycles. The first-order valence-electron chi connectivity index (χ1n) is 5.41. The number of nitrogen functional groups attached to an aromatic ring is 2. The number of aromatic nitrogens is 2. The zero-order valence-electron chi connectivity index (χ0n) is 10.3. The number of benzene rings is 1. The lowest BCUT2D eigenvalue weighted by Gasteiger charge is -2.07. The van der Waals surface area contributed by atoms with Crippen LogP contribution in [-0.4, -0.2) is 34.7 Å². The number of carbonyl (C=O) groups is 1. The van der Waals surface area contributed by atoms with Crippen LogP contribution in [0.1, 0.15) is 10.5 Å². The summed E-state index contributed by atoms with van der Waals surface area (Å²) in [4.78, 5) is 13.2. The van der Waals surface area contributed by atoms with Crippen LogP contribution in [0.4, 0.5) is 11.4 Å². The molecule has 94 valence electrons. The quantitative estimate of drug-likeness (QED) is 0.763. The molecule has 0 aliphatic rings. The van der Waals surface area contributed by atoms with Crippen LogP contribution in [0.2, 0.25) is 0 Å². The monoisotopic (exact) mass is 245 g/mol. The molecule has 0 aliphatic carbocycles. The van der Waals surface area contributed by atoms with Crippen molar-refractivity contribution >= 4 is 17.3 Å². The van der Waals surface area contributed by atoms with Gasteiger partial charge in [0.1, 0.15) is 0 Å². The van der Waals surface area contributed by atoms with E-state index in [1.165, 1.54) is 4.90 Å². The first-order valence-corrected chi connectivity index (χ1v) is 5.41. The van der Waals surface area contributed by atoms with Crippen LogP contribution in [0.15, 0.2) is 30.5 Å². The van der Waals surface area contributed by atoms with Crippen molar-refractivity contribution in [3.63, 3.8) is 0 Å². The molecule has 2 aromatic rings. The summed E-state index contributed by atoms with van der Waals surface area (Å²) in [5.41, 5.74) is 13.5. The molecule has 6 nitrogen and oxygen atoms in total. The number of anilines is 2. The summed E-state index contributed by atoms with van der Waals surface area (Å²) < 4.78 is 1.59. The van der Waals surface area contributed by atoms with Gasteiger partial charge in [-0.15, -0.1) is 0 Å². The van der Waals surface area contributed by atoms with Crippen LogP contribution in [0.25, 0.3) is 5.69 Å². The van der Waals surface area contributed by atoms with Gasteiger partial charge < -0.3 is 16.4 Å². The van der Waals surface area contributed by atoms with Crippen molar-refractivity contribution in [3.05, 3.63) is 36.2 Å². The Kier molecular flexibility index (Phi) is 2.93. The molecule has 1 aromatic carbocycles. The summed E-state index contributed by atoms with van der Waals surface area (Å²) in [6.07, 6.45) is 1.71. The summed E-state index contributed by atoms with van der Waals surface area (Å²) in [7, 11) is 3.37. The highest BCUT2D eigenvalue weighted by Crippen LogP contribution is 2.18. The minimum absolute atomic E-state index is 0.142. The van der Waals surface area contributed by atoms with Crippen molar-refractivity contribution in [3.8, 4) is 5.69 Å². The van der Waals surface area contributed by atoms with Gasteiger partial charge in [0, 0.05) is 20.3 Å². The topological polar surface area (TPSA) is 90.2 Å². The number of hydrogen-bond acceptors (Lipinski definition) is 4. The average molecular weight is 245 g/mol. The second kappa shape index (κ2) is 4.40. The van der Waals surface area contributed by atoms with E-state index in [4.69, 9.17) is 11.5 Å². The highest BCUT2D eigenvalue weighted by atomic mass is 16.2. The van der Waals surface area contributed by atoms with Crippen molar-refractivity contribution < 1.29 is 4.79 Å². The standard InChI is InChI=1S/C12H15N5O/c1-16(2)12(18)11-5-6-17(15-11)8-3-4-9(13)10(14)7-8/h3-7H,13-14H2,1-2H3. The van der Waals surface area contributed by atoms with E-state index in [1.807, 2.05) is 0 Å². The number of nitrogens with zero attached hydrogens (tertiary/aromatic N) is 3. The minimum atomic E-state index is -0.142. The van der Waals surface area contributed by atoms with Crippen LogP contribution in [0.5, 0.6) is 0 Å². The van der Waals surface area contributed by atoms with Crippen LogP contribution in [-0.2, 0) is 0 Å². The first kappa shape index (κ1) is 12.0. The second-order valence-corrected chi connectivity index (χ2v) is 4.16. The average Bonchev–Trinajstić information content (AvgIpc) is 2.81. The predicted molar refractivity (Wildman–Crippen MR) is 70.4 cm³/mol. The molecule has 0 aliphatic heterocycles. The Morgan fingerprint density at radius 3 is 2.56 bits per heavy atom. The molecule has 0 spiro atoms. The molecule has 0 bridgehead atoms. The Balaban J connectivity index is 2.35. The van der Waals surface area contributed by atoms with Gasteiger partial charge in [0.15, 0.2) is 5.69 Å². The van der Waals surface area contributed by atoms with Crippen molar-refractivity contribution in [1.82, 2.24) is 14.7 Å². The van der Waals surface area contributed by atoms with E-state index in [0.29, 0.717) is 17.1 Å². The lowest BCUT2D eigenvalue weighted by atomic mass is 10.2. The van der Waals surface area contributed by atoms with Gasteiger partial charge in [-0.3, -0.25) is 4.79 Å². The fourth-order valence-corrected chi connectivity index (χ4v) is 1.52. The Morgan fingerprint density at radius 2 is 1.94 bits per heavy atom. The van der Waals surface area contributed by atoms with Gasteiger partial charge in [-0.2, -0.15) is 5.10 Å². The molecule has 0 unspecified atom stereocenters. The number of carbonyl (C=O) groups excluding carboxylic acids is 1. The molecule has 0 saturated carbocycles. The van der Waals surface area contributed by atoms with E-state index in [9.17, 15) is 4.79 Å². The third-order valence-electron chi connectivity index (χ3n) is 2.55. The van der Waals surface area contributed by atoms with Crippen LogP contribution in [0.3, 0.4) is 0 Å². The largest absolute Gasteiger partial charge is 0.397 e. The Hall–Kier alpha value is -2.50. The van der Waals surface area contributed by atoms with E-state index < -0.39 is 0 Å². The maximum atomic E-state index is 11.7. The summed E-state index contributed by atoms with van der Waals surface area (Å²) in [6.45, 7) is 0. The fourth-order valence-electron chi connectivity index (χ4n) is 1.52. The van der Waals surface area contributed by atoms with Crippen molar-refractivity contribution in [1.29, 1.82) is 0 Å². The summed E-state index contributed by atoms with van der Waals surface area (Å²) in [5, 5.41) is 4.20. The zero-order chi connectivity index (χ0) is 13.3. The molecule has 6 heteroatoms. The minimum Gasteiger partial charge on any atom is -0.397 e. The van der Waals surface area contributed by atoms with Crippen LogP contribution in [0, 0.1) is 0 Å². The lowest BCUT2D eigenvalue weighted by molar-refractivity contribution is 0.0821. The van der Waals surface area contributed by atoms with Crippen molar-refractivity contribution in [2.75, 3.05) is 25.6 Å². The van der Waals surface area contributed by atoms with E-state index in [-0.39, 0.29) is 5.91 Å². The molecule has 0 fully saturated rings. The maximum Gasteiger partial charge on any atom is 0.273 e. The fraction of sp³-hybridized carbons (Fsp3) is 0.167. The van der Waals surface area contributed by atoms with E-state index >= 15 is 0 Å². The summed E-state index contributed by atoms with van der Waals surface area (Å²) >= 11 is 0. The third-order valence-corrected chi connectivity index (χ3v) is 2.55. The maximum absolute atomic E-state index is 11.7. The van der Waals surface area contributed by atoms with E-state index in [2.05, 4.69) is 5.10 Å². The molecule has 18 heavy (non-hydrogen) atoms. The Morgan fingerprint density at radius 1 is 1.22 bits per heavy atom. The van der Waals surface area contributed by atoms with Gasteiger partial charge in [0.2, 0.25) is 0 Å². The predicted octanol–water partition coefficient (Wildman–Crippen LogP) is 0.738. The Labute approximate surface area is 105 Å². The molecule has 0 atom stereocenters. The summed E-state index contributed by atoms with van der Waals surface area (Å²) in [6, 6.07) is 6.88. The van der Waals surface area contributed by atoms with E-state index in [1.54, 1.807) is 49.2 Å². The van der Waals surface area contributed by atoms with Gasteiger partial charge in [-0.1, -0.05) is 0 Å². The van der Waals surface area contributed by atoms with Crippen LogP contribution >= 0.6 is 0 Å². The molecule has 0 radical (unpaired) electrons. The zero-order valence-corrected chi connectivity index (χ0v) is 10.3. The van der Waals surface area contributed by atoms with Crippen LogP contribution < -0.4 is 11.5 Å². The molecule has 2 rings (SSSR count). The van der Waals surface area contributed by atoms with Crippen molar-refractivity contribution in [2.45, 2.75) is 0 Å². The number of hydrogen-bond donors (Lipinski definition) is 2. The van der Waals surface area contributed by atoms with Gasteiger partial charge >= 0.3 is 0 Å². The number of amides is 1.